The summed E-state index contributed by atoms with van der Waals surface area (Å²) in [6.07, 6.45) is 1.90. The number of aromatic carboxylic acids is 1. The van der Waals surface area contributed by atoms with Crippen molar-refractivity contribution in [1.82, 2.24) is 4.98 Å². The van der Waals surface area contributed by atoms with E-state index in [-0.39, 0.29) is 5.56 Å². The smallest absolute Gasteiger partial charge is 0.337 e. The standard InChI is InChI=1S/C9H10ClNO3/c1-14-3-2-8-7(9(12)13)4-6(10)5-11-8/h4-5H,2-3H2,1H3,(H,12,13). The molecule has 0 saturated carbocycles. The van der Waals surface area contributed by atoms with E-state index in [0.717, 1.165) is 0 Å². The SMILES string of the molecule is COCCc1ncc(Cl)cc1C(=O)O. The quantitative estimate of drug-likeness (QED) is 0.829. The van der Waals surface area contributed by atoms with E-state index in [0.29, 0.717) is 23.7 Å². The average molecular weight is 216 g/mol. The van der Waals surface area contributed by atoms with Crippen LogP contribution in [0, 0.1) is 0 Å². The Labute approximate surface area is 86.5 Å². The summed E-state index contributed by atoms with van der Waals surface area (Å²) in [4.78, 5) is 14.7. The number of hydrogen-bond donors (Lipinski definition) is 1. The Hall–Kier alpha value is -1.13. The monoisotopic (exact) mass is 215 g/mol. The van der Waals surface area contributed by atoms with Gasteiger partial charge in [0.05, 0.1) is 22.9 Å². The van der Waals surface area contributed by atoms with Crippen molar-refractivity contribution in [2.24, 2.45) is 0 Å². The van der Waals surface area contributed by atoms with Gasteiger partial charge in [0.15, 0.2) is 0 Å². The molecule has 4 nitrogen and oxygen atoms in total. The molecule has 0 unspecified atom stereocenters. The van der Waals surface area contributed by atoms with E-state index in [4.69, 9.17) is 21.4 Å². The lowest BCUT2D eigenvalue weighted by atomic mass is 10.1. The first-order valence-electron chi connectivity index (χ1n) is 4.02. The first-order valence-corrected chi connectivity index (χ1v) is 4.39. The van der Waals surface area contributed by atoms with Gasteiger partial charge in [-0.3, -0.25) is 4.98 Å². The molecule has 0 saturated heterocycles. The number of rotatable bonds is 4. The van der Waals surface area contributed by atoms with E-state index in [1.807, 2.05) is 0 Å². The van der Waals surface area contributed by atoms with Crippen LogP contribution in [0.1, 0.15) is 16.1 Å². The van der Waals surface area contributed by atoms with Gasteiger partial charge in [-0.05, 0) is 6.07 Å². The fourth-order valence-electron chi connectivity index (χ4n) is 1.05. The van der Waals surface area contributed by atoms with E-state index in [1.165, 1.54) is 12.3 Å². The Morgan fingerprint density at radius 2 is 2.43 bits per heavy atom. The Bertz CT molecular complexity index is 341. The number of hydrogen-bond acceptors (Lipinski definition) is 3. The molecular formula is C9H10ClNO3. The van der Waals surface area contributed by atoms with Crippen LogP contribution >= 0.6 is 11.6 Å². The largest absolute Gasteiger partial charge is 0.478 e. The lowest BCUT2D eigenvalue weighted by Crippen LogP contribution is -2.07. The van der Waals surface area contributed by atoms with E-state index in [1.54, 1.807) is 7.11 Å². The zero-order valence-electron chi connectivity index (χ0n) is 7.66. The van der Waals surface area contributed by atoms with Crippen LogP contribution in [0.3, 0.4) is 0 Å². The van der Waals surface area contributed by atoms with Crippen molar-refractivity contribution in [3.8, 4) is 0 Å². The van der Waals surface area contributed by atoms with Crippen LogP contribution < -0.4 is 0 Å². The molecule has 5 heteroatoms. The van der Waals surface area contributed by atoms with Crippen molar-refractivity contribution in [2.45, 2.75) is 6.42 Å². The molecule has 0 aromatic carbocycles. The fraction of sp³-hybridized carbons (Fsp3) is 0.333. The van der Waals surface area contributed by atoms with Gasteiger partial charge in [0.2, 0.25) is 0 Å². The van der Waals surface area contributed by atoms with Gasteiger partial charge >= 0.3 is 5.97 Å². The molecule has 0 amide bonds. The predicted molar refractivity (Wildman–Crippen MR) is 51.8 cm³/mol. The van der Waals surface area contributed by atoms with E-state index in [9.17, 15) is 4.79 Å². The highest BCUT2D eigenvalue weighted by molar-refractivity contribution is 6.30. The maximum atomic E-state index is 10.8. The molecule has 76 valence electrons. The molecule has 1 rings (SSSR count). The van der Waals surface area contributed by atoms with Crippen LogP contribution in [-0.4, -0.2) is 29.8 Å². The highest BCUT2D eigenvalue weighted by Crippen LogP contribution is 2.13. The summed E-state index contributed by atoms with van der Waals surface area (Å²) >= 11 is 5.64. The third kappa shape index (κ3) is 2.68. The van der Waals surface area contributed by atoms with E-state index in [2.05, 4.69) is 4.98 Å². The minimum Gasteiger partial charge on any atom is -0.478 e. The second-order valence-corrected chi connectivity index (χ2v) is 3.13. The minimum atomic E-state index is -1.02. The molecule has 1 aromatic rings. The maximum absolute atomic E-state index is 10.8. The molecule has 0 spiro atoms. The van der Waals surface area contributed by atoms with Crippen molar-refractivity contribution >= 4 is 17.6 Å². The molecular weight excluding hydrogens is 206 g/mol. The van der Waals surface area contributed by atoms with E-state index >= 15 is 0 Å². The highest BCUT2D eigenvalue weighted by Gasteiger charge is 2.11. The minimum absolute atomic E-state index is 0.134. The van der Waals surface area contributed by atoms with Crippen LogP contribution in [0.4, 0.5) is 0 Å². The number of pyridine rings is 1. The number of methoxy groups -OCH3 is 1. The van der Waals surface area contributed by atoms with Gasteiger partial charge in [-0.25, -0.2) is 4.79 Å². The Morgan fingerprint density at radius 1 is 1.71 bits per heavy atom. The Morgan fingerprint density at radius 3 is 3.00 bits per heavy atom. The lowest BCUT2D eigenvalue weighted by molar-refractivity contribution is 0.0694. The third-order valence-corrected chi connectivity index (χ3v) is 1.92. The van der Waals surface area contributed by atoms with Gasteiger partial charge < -0.3 is 9.84 Å². The molecule has 1 heterocycles. The molecule has 0 atom stereocenters. The molecule has 14 heavy (non-hydrogen) atoms. The van der Waals surface area contributed by atoms with Crippen molar-refractivity contribution in [2.75, 3.05) is 13.7 Å². The van der Waals surface area contributed by atoms with Crippen molar-refractivity contribution in [3.63, 3.8) is 0 Å². The van der Waals surface area contributed by atoms with Gasteiger partial charge in [-0.1, -0.05) is 11.6 Å². The van der Waals surface area contributed by atoms with Gasteiger partial charge in [-0.15, -0.1) is 0 Å². The van der Waals surface area contributed by atoms with E-state index < -0.39 is 5.97 Å². The topological polar surface area (TPSA) is 59.4 Å². The summed E-state index contributed by atoms with van der Waals surface area (Å²) in [6, 6.07) is 1.39. The number of nitrogens with zero attached hydrogens (tertiary/aromatic N) is 1. The summed E-state index contributed by atoms with van der Waals surface area (Å²) in [5, 5.41) is 9.17. The first kappa shape index (κ1) is 10.9. The first-order chi connectivity index (χ1) is 6.65. The molecule has 0 aliphatic heterocycles. The number of carbonyl (C=O) groups is 1. The molecule has 1 N–H and O–H groups in total. The van der Waals surface area contributed by atoms with Gasteiger partial charge in [-0.2, -0.15) is 0 Å². The summed E-state index contributed by atoms with van der Waals surface area (Å²) < 4.78 is 4.84. The average Bonchev–Trinajstić information content (AvgIpc) is 2.15. The maximum Gasteiger partial charge on any atom is 0.337 e. The van der Waals surface area contributed by atoms with Crippen molar-refractivity contribution in [3.05, 3.63) is 28.5 Å². The van der Waals surface area contributed by atoms with Crippen molar-refractivity contribution in [1.29, 1.82) is 0 Å². The zero-order chi connectivity index (χ0) is 10.6. The summed E-state index contributed by atoms with van der Waals surface area (Å²) in [7, 11) is 1.55. The molecule has 0 aliphatic rings. The number of halogens is 1. The molecule has 0 bridgehead atoms. The molecule has 0 fully saturated rings. The summed E-state index contributed by atoms with van der Waals surface area (Å²) in [6.45, 7) is 0.439. The number of ether oxygens (including phenoxy) is 1. The van der Waals surface area contributed by atoms with Crippen LogP contribution in [-0.2, 0) is 11.2 Å². The van der Waals surface area contributed by atoms with Crippen LogP contribution in [0.25, 0.3) is 0 Å². The molecule has 0 radical (unpaired) electrons. The molecule has 1 aromatic heterocycles. The van der Waals surface area contributed by atoms with Crippen molar-refractivity contribution < 1.29 is 14.6 Å². The number of carboxylic acid groups (broad SMARTS) is 1. The Balaban J connectivity index is 2.96. The summed E-state index contributed by atoms with van der Waals surface area (Å²) in [5.74, 6) is -1.02. The van der Waals surface area contributed by atoms with Crippen LogP contribution in [0.5, 0.6) is 0 Å². The summed E-state index contributed by atoms with van der Waals surface area (Å²) in [5.41, 5.74) is 0.623. The second-order valence-electron chi connectivity index (χ2n) is 2.70. The lowest BCUT2D eigenvalue weighted by Gasteiger charge is -2.04. The third-order valence-electron chi connectivity index (χ3n) is 1.71. The fourth-order valence-corrected chi connectivity index (χ4v) is 1.21. The zero-order valence-corrected chi connectivity index (χ0v) is 8.41. The molecule has 0 aliphatic carbocycles. The Kier molecular flexibility index (Phi) is 3.85. The van der Waals surface area contributed by atoms with Gasteiger partial charge in [0.1, 0.15) is 0 Å². The van der Waals surface area contributed by atoms with Crippen LogP contribution in [0.15, 0.2) is 12.3 Å². The van der Waals surface area contributed by atoms with Gasteiger partial charge in [0, 0.05) is 19.7 Å². The number of carboxylic acids is 1. The normalized spacial score (nSPS) is 10.1. The predicted octanol–water partition coefficient (Wildman–Crippen LogP) is 1.62. The number of aromatic nitrogens is 1. The van der Waals surface area contributed by atoms with Crippen LogP contribution in [0.2, 0.25) is 5.02 Å². The second kappa shape index (κ2) is 4.93. The van der Waals surface area contributed by atoms with Gasteiger partial charge in [0.25, 0.3) is 0 Å². The highest BCUT2D eigenvalue weighted by atomic mass is 35.5.